The van der Waals surface area contributed by atoms with Crippen molar-refractivity contribution in [2.45, 2.75) is 20.1 Å². The normalized spacial score (nSPS) is 14.8. The largest absolute Gasteiger partial charge is 0.488 e. The maximum absolute atomic E-state index is 12.8. The van der Waals surface area contributed by atoms with Gasteiger partial charge >= 0.3 is 6.03 Å². The minimum absolute atomic E-state index is 0.236. The van der Waals surface area contributed by atoms with Crippen LogP contribution in [0.4, 0.5) is 4.79 Å². The summed E-state index contributed by atoms with van der Waals surface area (Å²) in [6, 6.07) is 22.8. The van der Waals surface area contributed by atoms with E-state index in [1.807, 2.05) is 79.7 Å². The molecular formula is C25H21BrN2O3. The number of carbonyl (C=O) groups excluding carboxylic acids is 2. The van der Waals surface area contributed by atoms with E-state index < -0.39 is 6.03 Å². The first-order valence-corrected chi connectivity index (χ1v) is 10.7. The highest BCUT2D eigenvalue weighted by molar-refractivity contribution is 9.10. The van der Waals surface area contributed by atoms with Crippen molar-refractivity contribution in [3.05, 3.63) is 105 Å². The Bertz CT molecular complexity index is 1160. The number of hydrogen-bond acceptors (Lipinski definition) is 3. The van der Waals surface area contributed by atoms with Gasteiger partial charge in [0.2, 0.25) is 0 Å². The van der Waals surface area contributed by atoms with Crippen molar-refractivity contribution < 1.29 is 14.3 Å². The van der Waals surface area contributed by atoms with Gasteiger partial charge in [-0.05, 0) is 57.8 Å². The van der Waals surface area contributed by atoms with E-state index in [0.29, 0.717) is 12.4 Å². The third kappa shape index (κ3) is 5.03. The summed E-state index contributed by atoms with van der Waals surface area (Å²) in [7, 11) is 0. The molecule has 1 aliphatic heterocycles. The lowest BCUT2D eigenvalue weighted by molar-refractivity contribution is -0.123. The molecule has 4 rings (SSSR count). The Kier molecular flexibility index (Phi) is 6.18. The van der Waals surface area contributed by atoms with Crippen LogP contribution in [0.3, 0.4) is 0 Å². The first-order chi connectivity index (χ1) is 15.0. The van der Waals surface area contributed by atoms with Gasteiger partial charge in [0.05, 0.1) is 11.0 Å². The first kappa shape index (κ1) is 20.9. The summed E-state index contributed by atoms with van der Waals surface area (Å²) in [6.45, 7) is 2.67. The number of ether oxygens (including phenoxy) is 1. The number of amides is 3. The number of urea groups is 1. The minimum Gasteiger partial charge on any atom is -0.488 e. The van der Waals surface area contributed by atoms with E-state index in [1.165, 1.54) is 4.90 Å². The van der Waals surface area contributed by atoms with Gasteiger partial charge in [-0.3, -0.25) is 9.69 Å². The molecule has 0 saturated carbocycles. The van der Waals surface area contributed by atoms with Crippen molar-refractivity contribution in [1.82, 2.24) is 10.2 Å². The van der Waals surface area contributed by atoms with Crippen molar-refractivity contribution in [3.8, 4) is 5.75 Å². The Morgan fingerprint density at radius 3 is 2.48 bits per heavy atom. The summed E-state index contributed by atoms with van der Waals surface area (Å²) in [6.07, 6.45) is 1.67. The molecule has 0 atom stereocenters. The fourth-order valence-electron chi connectivity index (χ4n) is 3.33. The Balaban J connectivity index is 1.46. The predicted octanol–water partition coefficient (Wildman–Crippen LogP) is 5.43. The molecule has 5 nitrogen and oxygen atoms in total. The van der Waals surface area contributed by atoms with Crippen LogP contribution in [0.5, 0.6) is 5.75 Å². The molecule has 0 spiro atoms. The van der Waals surface area contributed by atoms with Gasteiger partial charge in [-0.2, -0.15) is 0 Å². The zero-order chi connectivity index (χ0) is 21.8. The van der Waals surface area contributed by atoms with Gasteiger partial charge in [0.15, 0.2) is 0 Å². The van der Waals surface area contributed by atoms with Crippen LogP contribution >= 0.6 is 15.9 Å². The molecule has 3 aromatic carbocycles. The highest BCUT2D eigenvalue weighted by Gasteiger charge is 2.33. The molecule has 0 radical (unpaired) electrons. The average molecular weight is 477 g/mol. The number of halogens is 1. The van der Waals surface area contributed by atoms with Gasteiger partial charge in [0.1, 0.15) is 18.1 Å². The Morgan fingerprint density at radius 2 is 1.74 bits per heavy atom. The molecule has 0 bridgehead atoms. The molecule has 3 aromatic rings. The standard InChI is InChI=1S/C25H21BrN2O3/c1-17-6-5-9-20(12-17)15-28-24(29)22(27-25(28)30)14-19-10-11-23(21(26)13-19)31-16-18-7-3-2-4-8-18/h2-14H,15-16H2,1H3,(H,27,30)/b22-14+. The molecule has 1 N–H and O–H groups in total. The number of benzene rings is 3. The lowest BCUT2D eigenvalue weighted by atomic mass is 10.1. The molecule has 1 aliphatic rings. The number of nitrogens with one attached hydrogen (secondary N) is 1. The summed E-state index contributed by atoms with van der Waals surface area (Å²) >= 11 is 3.52. The van der Waals surface area contributed by atoms with Crippen molar-refractivity contribution >= 4 is 33.9 Å². The first-order valence-electron chi connectivity index (χ1n) is 9.86. The number of aryl methyl sites for hydroxylation is 1. The zero-order valence-electron chi connectivity index (χ0n) is 17.0. The summed E-state index contributed by atoms with van der Waals surface area (Å²) in [4.78, 5) is 26.3. The summed E-state index contributed by atoms with van der Waals surface area (Å²) < 4.78 is 6.64. The Labute approximate surface area is 189 Å². The van der Waals surface area contributed by atoms with Gasteiger partial charge in [0.25, 0.3) is 5.91 Å². The van der Waals surface area contributed by atoms with Crippen molar-refractivity contribution in [1.29, 1.82) is 0 Å². The van der Waals surface area contributed by atoms with Gasteiger partial charge in [-0.1, -0.05) is 66.2 Å². The fourth-order valence-corrected chi connectivity index (χ4v) is 3.85. The van der Waals surface area contributed by atoms with Crippen LogP contribution in [0.25, 0.3) is 6.08 Å². The Hall–Kier alpha value is -3.38. The maximum atomic E-state index is 12.8. The summed E-state index contributed by atoms with van der Waals surface area (Å²) in [5, 5.41) is 2.67. The molecule has 31 heavy (non-hydrogen) atoms. The molecule has 156 valence electrons. The predicted molar refractivity (Wildman–Crippen MR) is 123 cm³/mol. The van der Waals surface area contributed by atoms with Crippen molar-refractivity contribution in [2.75, 3.05) is 0 Å². The second-order valence-electron chi connectivity index (χ2n) is 7.33. The lowest BCUT2D eigenvalue weighted by Gasteiger charge is -2.12. The highest BCUT2D eigenvalue weighted by Crippen LogP contribution is 2.28. The van der Waals surface area contributed by atoms with Crippen LogP contribution in [0, 0.1) is 6.92 Å². The molecule has 0 unspecified atom stereocenters. The second-order valence-corrected chi connectivity index (χ2v) is 8.19. The van der Waals surface area contributed by atoms with Crippen molar-refractivity contribution in [2.24, 2.45) is 0 Å². The third-order valence-electron chi connectivity index (χ3n) is 4.89. The van der Waals surface area contributed by atoms with Crippen LogP contribution in [0.15, 0.2) is 83.0 Å². The van der Waals surface area contributed by atoms with E-state index in [4.69, 9.17) is 4.74 Å². The molecule has 1 saturated heterocycles. The van der Waals surface area contributed by atoms with Gasteiger partial charge < -0.3 is 10.1 Å². The van der Waals surface area contributed by atoms with E-state index in [9.17, 15) is 9.59 Å². The molecule has 6 heteroatoms. The SMILES string of the molecule is Cc1cccc(CN2C(=O)N/C(=C/c3ccc(OCc4ccccc4)c(Br)c3)C2=O)c1. The Morgan fingerprint density at radius 1 is 0.968 bits per heavy atom. The number of imide groups is 1. The fraction of sp³-hybridized carbons (Fsp3) is 0.120. The van der Waals surface area contributed by atoms with Crippen LogP contribution in [0.2, 0.25) is 0 Å². The smallest absolute Gasteiger partial charge is 0.329 e. The number of nitrogens with zero attached hydrogens (tertiary/aromatic N) is 1. The van der Waals surface area contributed by atoms with Crippen LogP contribution in [-0.4, -0.2) is 16.8 Å². The molecule has 1 heterocycles. The summed E-state index contributed by atoms with van der Waals surface area (Å²) in [5.41, 5.74) is 4.10. The third-order valence-corrected chi connectivity index (χ3v) is 5.51. The quantitative estimate of drug-likeness (QED) is 0.381. The van der Waals surface area contributed by atoms with Crippen LogP contribution in [0.1, 0.15) is 22.3 Å². The number of rotatable bonds is 6. The molecule has 1 fully saturated rings. The maximum Gasteiger partial charge on any atom is 0.329 e. The van der Waals surface area contributed by atoms with E-state index in [1.54, 1.807) is 6.08 Å². The van der Waals surface area contributed by atoms with Crippen LogP contribution < -0.4 is 10.1 Å². The molecule has 3 amide bonds. The number of carbonyl (C=O) groups is 2. The molecule has 0 aromatic heterocycles. The van der Waals surface area contributed by atoms with Gasteiger partial charge in [0, 0.05) is 0 Å². The molecule has 0 aliphatic carbocycles. The summed E-state index contributed by atoms with van der Waals surface area (Å²) in [5.74, 6) is 0.362. The van der Waals surface area contributed by atoms with Gasteiger partial charge in [-0.25, -0.2) is 4.79 Å². The van der Waals surface area contributed by atoms with E-state index in [2.05, 4.69) is 21.2 Å². The van der Waals surface area contributed by atoms with Crippen molar-refractivity contribution in [3.63, 3.8) is 0 Å². The minimum atomic E-state index is -0.417. The number of hydrogen-bond donors (Lipinski definition) is 1. The van der Waals surface area contributed by atoms with Crippen LogP contribution in [-0.2, 0) is 17.9 Å². The second kappa shape index (κ2) is 9.18. The van der Waals surface area contributed by atoms with E-state index in [0.717, 1.165) is 26.7 Å². The topological polar surface area (TPSA) is 58.6 Å². The van der Waals surface area contributed by atoms with E-state index in [-0.39, 0.29) is 18.1 Å². The average Bonchev–Trinajstić information content (AvgIpc) is 3.01. The lowest BCUT2D eigenvalue weighted by Crippen LogP contribution is -2.30. The van der Waals surface area contributed by atoms with E-state index >= 15 is 0 Å². The zero-order valence-corrected chi connectivity index (χ0v) is 18.6. The highest BCUT2D eigenvalue weighted by atomic mass is 79.9. The molecular weight excluding hydrogens is 456 g/mol. The van der Waals surface area contributed by atoms with Gasteiger partial charge in [-0.15, -0.1) is 0 Å². The monoisotopic (exact) mass is 476 g/mol.